The van der Waals surface area contributed by atoms with E-state index in [4.69, 9.17) is 0 Å². The van der Waals surface area contributed by atoms with Crippen molar-refractivity contribution >= 4 is 11.7 Å². The monoisotopic (exact) mass is 278 g/mol. The molecular formula is C15H26N4O. The number of hydrogen-bond donors (Lipinski definition) is 3. The summed E-state index contributed by atoms with van der Waals surface area (Å²) in [5, 5.41) is 13.5. The number of aromatic nitrogens is 2. The molecule has 5 heteroatoms. The fourth-order valence-electron chi connectivity index (χ4n) is 2.67. The maximum atomic E-state index is 12.6. The molecule has 1 aromatic rings. The minimum absolute atomic E-state index is 0.00712. The van der Waals surface area contributed by atoms with E-state index in [1.807, 2.05) is 6.07 Å². The van der Waals surface area contributed by atoms with Crippen molar-refractivity contribution in [1.29, 1.82) is 0 Å². The smallest absolute Gasteiger partial charge is 0.231 e. The van der Waals surface area contributed by atoms with Gasteiger partial charge in [0.2, 0.25) is 5.91 Å². The Hall–Kier alpha value is -1.36. The molecule has 0 radical (unpaired) electrons. The number of anilines is 1. The minimum atomic E-state index is -0.244. The molecule has 1 saturated heterocycles. The standard InChI is InChI=1S/C15H26N4O/c1-5-15(6-8-16-9-7-15)13(20)17-12-10-11(18-19-12)14(2,3)4/h10,16H,5-9H2,1-4H3,(H2,17,18,19,20). The van der Waals surface area contributed by atoms with Gasteiger partial charge < -0.3 is 10.6 Å². The Balaban J connectivity index is 2.09. The van der Waals surface area contributed by atoms with Crippen molar-refractivity contribution < 1.29 is 4.79 Å². The summed E-state index contributed by atoms with van der Waals surface area (Å²) in [5.41, 5.74) is 0.794. The number of nitrogens with zero attached hydrogens (tertiary/aromatic N) is 1. The number of rotatable bonds is 3. The van der Waals surface area contributed by atoms with Gasteiger partial charge in [-0.2, -0.15) is 5.10 Å². The molecule has 0 aromatic carbocycles. The van der Waals surface area contributed by atoms with Crippen molar-refractivity contribution in [3.05, 3.63) is 11.8 Å². The Kier molecular flexibility index (Phi) is 4.18. The third kappa shape index (κ3) is 3.03. The molecule has 0 spiro atoms. The van der Waals surface area contributed by atoms with Crippen molar-refractivity contribution in [2.75, 3.05) is 18.4 Å². The highest BCUT2D eigenvalue weighted by atomic mass is 16.2. The second kappa shape index (κ2) is 5.56. The Morgan fingerprint density at radius 3 is 2.55 bits per heavy atom. The second-order valence-electron chi connectivity index (χ2n) is 6.75. The molecule has 2 rings (SSSR count). The van der Waals surface area contributed by atoms with Gasteiger partial charge in [-0.15, -0.1) is 0 Å². The van der Waals surface area contributed by atoms with Gasteiger partial charge in [0.1, 0.15) is 0 Å². The molecule has 1 amide bonds. The molecule has 0 bridgehead atoms. The first-order valence-corrected chi connectivity index (χ1v) is 7.45. The first-order chi connectivity index (χ1) is 9.37. The minimum Gasteiger partial charge on any atom is -0.317 e. The SMILES string of the molecule is CCC1(C(=O)Nc2cc(C(C)(C)C)[nH]n2)CCNCC1. The lowest BCUT2D eigenvalue weighted by Crippen LogP contribution is -2.44. The zero-order valence-electron chi connectivity index (χ0n) is 13.0. The van der Waals surface area contributed by atoms with E-state index < -0.39 is 0 Å². The van der Waals surface area contributed by atoms with Crippen LogP contribution in [0, 0.1) is 5.41 Å². The number of carbonyl (C=O) groups excluding carboxylic acids is 1. The molecular weight excluding hydrogens is 252 g/mol. The van der Waals surface area contributed by atoms with Gasteiger partial charge in [-0.05, 0) is 32.4 Å². The van der Waals surface area contributed by atoms with Crippen LogP contribution in [0.3, 0.4) is 0 Å². The van der Waals surface area contributed by atoms with Crippen molar-refractivity contribution in [2.45, 2.75) is 52.4 Å². The van der Waals surface area contributed by atoms with Crippen LogP contribution in [0.5, 0.6) is 0 Å². The molecule has 20 heavy (non-hydrogen) atoms. The highest BCUT2D eigenvalue weighted by Crippen LogP contribution is 2.34. The number of nitrogens with one attached hydrogen (secondary N) is 3. The zero-order valence-corrected chi connectivity index (χ0v) is 13.0. The number of hydrogen-bond acceptors (Lipinski definition) is 3. The summed E-state index contributed by atoms with van der Waals surface area (Å²) < 4.78 is 0. The van der Waals surface area contributed by atoms with Crippen LogP contribution >= 0.6 is 0 Å². The molecule has 1 aliphatic rings. The third-order valence-electron chi connectivity index (χ3n) is 4.35. The van der Waals surface area contributed by atoms with Gasteiger partial charge in [-0.1, -0.05) is 27.7 Å². The van der Waals surface area contributed by atoms with Gasteiger partial charge >= 0.3 is 0 Å². The average molecular weight is 278 g/mol. The summed E-state index contributed by atoms with van der Waals surface area (Å²) in [6.07, 6.45) is 2.66. The van der Waals surface area contributed by atoms with E-state index in [-0.39, 0.29) is 16.7 Å². The van der Waals surface area contributed by atoms with Crippen LogP contribution in [0.1, 0.15) is 52.7 Å². The predicted octanol–water partition coefficient (Wildman–Crippen LogP) is 2.43. The average Bonchev–Trinajstić information content (AvgIpc) is 2.88. The van der Waals surface area contributed by atoms with Crippen molar-refractivity contribution in [3.8, 4) is 0 Å². The maximum absolute atomic E-state index is 12.6. The normalized spacial score (nSPS) is 18.8. The molecule has 0 aliphatic carbocycles. The molecule has 0 atom stereocenters. The summed E-state index contributed by atoms with van der Waals surface area (Å²) >= 11 is 0. The fraction of sp³-hybridized carbons (Fsp3) is 0.733. The van der Waals surface area contributed by atoms with Crippen molar-refractivity contribution in [3.63, 3.8) is 0 Å². The van der Waals surface area contributed by atoms with Crippen LogP contribution in [0.25, 0.3) is 0 Å². The maximum Gasteiger partial charge on any atom is 0.231 e. The topological polar surface area (TPSA) is 69.8 Å². The molecule has 112 valence electrons. The lowest BCUT2D eigenvalue weighted by Gasteiger charge is -2.35. The lowest BCUT2D eigenvalue weighted by molar-refractivity contribution is -0.127. The number of amides is 1. The summed E-state index contributed by atoms with van der Waals surface area (Å²) in [5.74, 6) is 0.736. The summed E-state index contributed by atoms with van der Waals surface area (Å²) in [7, 11) is 0. The van der Waals surface area contributed by atoms with Gasteiger partial charge in [-0.3, -0.25) is 9.89 Å². The van der Waals surface area contributed by atoms with Crippen LogP contribution in [-0.2, 0) is 10.2 Å². The second-order valence-corrected chi connectivity index (χ2v) is 6.75. The van der Waals surface area contributed by atoms with Gasteiger partial charge in [-0.25, -0.2) is 0 Å². The first-order valence-electron chi connectivity index (χ1n) is 7.45. The van der Waals surface area contributed by atoms with E-state index in [1.54, 1.807) is 0 Å². The largest absolute Gasteiger partial charge is 0.317 e. The van der Waals surface area contributed by atoms with Crippen LogP contribution in [-0.4, -0.2) is 29.2 Å². The molecule has 0 unspecified atom stereocenters. The third-order valence-corrected chi connectivity index (χ3v) is 4.35. The number of aromatic amines is 1. The van der Waals surface area contributed by atoms with Crippen LogP contribution in [0.2, 0.25) is 0 Å². The van der Waals surface area contributed by atoms with Crippen molar-refractivity contribution in [1.82, 2.24) is 15.5 Å². The Morgan fingerprint density at radius 2 is 2.05 bits per heavy atom. The predicted molar refractivity (Wildman–Crippen MR) is 80.7 cm³/mol. The molecule has 1 aromatic heterocycles. The van der Waals surface area contributed by atoms with Crippen molar-refractivity contribution in [2.24, 2.45) is 5.41 Å². The van der Waals surface area contributed by atoms with Gasteiger partial charge in [0.25, 0.3) is 0 Å². The number of piperidine rings is 1. The summed E-state index contributed by atoms with van der Waals surface area (Å²) in [6.45, 7) is 10.3. The fourth-order valence-corrected chi connectivity index (χ4v) is 2.67. The Labute approximate surface area is 120 Å². The molecule has 5 nitrogen and oxygen atoms in total. The number of H-pyrrole nitrogens is 1. The van der Waals surface area contributed by atoms with Crippen LogP contribution in [0.4, 0.5) is 5.82 Å². The Morgan fingerprint density at radius 1 is 1.40 bits per heavy atom. The van der Waals surface area contributed by atoms with Crippen LogP contribution < -0.4 is 10.6 Å². The van der Waals surface area contributed by atoms with E-state index >= 15 is 0 Å². The number of carbonyl (C=O) groups is 1. The molecule has 3 N–H and O–H groups in total. The van der Waals surface area contributed by atoms with E-state index in [2.05, 4.69) is 48.5 Å². The highest BCUT2D eigenvalue weighted by molar-refractivity contribution is 5.94. The summed E-state index contributed by atoms with van der Waals surface area (Å²) in [4.78, 5) is 12.6. The van der Waals surface area contributed by atoms with E-state index in [0.29, 0.717) is 5.82 Å². The molecule has 0 saturated carbocycles. The van der Waals surface area contributed by atoms with Crippen LogP contribution in [0.15, 0.2) is 6.07 Å². The molecule has 2 heterocycles. The zero-order chi connectivity index (χ0) is 14.8. The quantitative estimate of drug-likeness (QED) is 0.795. The molecule has 1 fully saturated rings. The van der Waals surface area contributed by atoms with E-state index in [9.17, 15) is 4.79 Å². The van der Waals surface area contributed by atoms with E-state index in [0.717, 1.165) is 38.0 Å². The Bertz CT molecular complexity index is 466. The summed E-state index contributed by atoms with van der Waals surface area (Å²) in [6, 6.07) is 1.93. The van der Waals surface area contributed by atoms with Gasteiger partial charge in [0.05, 0.1) is 5.41 Å². The molecule has 1 aliphatic heterocycles. The lowest BCUT2D eigenvalue weighted by atomic mass is 9.76. The van der Waals surface area contributed by atoms with Gasteiger partial charge in [0.15, 0.2) is 5.82 Å². The van der Waals surface area contributed by atoms with E-state index in [1.165, 1.54) is 0 Å². The van der Waals surface area contributed by atoms with Gasteiger partial charge in [0, 0.05) is 17.2 Å². The first kappa shape index (κ1) is 15.0. The highest BCUT2D eigenvalue weighted by Gasteiger charge is 2.38.